The van der Waals surface area contributed by atoms with Crippen LogP contribution in [0.4, 0.5) is 21.5 Å². The number of imide groups is 1. The number of terminal acetylenes is 1. The number of nitro benzene ring substituents is 1. The van der Waals surface area contributed by atoms with Crippen LogP contribution in [0.25, 0.3) is 0 Å². The second-order valence-corrected chi connectivity index (χ2v) is 10.0. The van der Waals surface area contributed by atoms with Crippen LogP contribution < -0.4 is 20.1 Å². The Morgan fingerprint density at radius 3 is 2.24 bits per heavy atom. The van der Waals surface area contributed by atoms with Crippen LogP contribution in [0, 0.1) is 28.3 Å². The predicted octanol–water partition coefficient (Wildman–Crippen LogP) is 7.25. The summed E-state index contributed by atoms with van der Waals surface area (Å²) in [4.78, 5) is 36.1. The molecule has 3 aromatic carbocycles. The summed E-state index contributed by atoms with van der Waals surface area (Å²) in [7, 11) is 0. The first kappa shape index (κ1) is 30.4. The van der Waals surface area contributed by atoms with Crippen LogP contribution in [0.3, 0.4) is 0 Å². The van der Waals surface area contributed by atoms with E-state index in [0.29, 0.717) is 29.7 Å². The molecule has 9 nitrogen and oxygen atoms in total. The maximum absolute atomic E-state index is 14.4. The van der Waals surface area contributed by atoms with Crippen LogP contribution in [0.2, 0.25) is 10.0 Å². The Balaban J connectivity index is 0.000000201. The third kappa shape index (κ3) is 6.33. The predicted molar refractivity (Wildman–Crippen MR) is 157 cm³/mol. The molecule has 1 atom stereocenters. The molecule has 1 aliphatic carbocycles. The van der Waals surface area contributed by atoms with Crippen LogP contribution in [0.15, 0.2) is 65.7 Å². The summed E-state index contributed by atoms with van der Waals surface area (Å²) >= 11 is 11.9. The Morgan fingerprint density at radius 2 is 1.67 bits per heavy atom. The first-order chi connectivity index (χ1) is 20.0. The summed E-state index contributed by atoms with van der Waals surface area (Å²) in [5.41, 5.74) is 6.06. The van der Waals surface area contributed by atoms with Crippen LogP contribution in [-0.2, 0) is 9.59 Å². The summed E-state index contributed by atoms with van der Waals surface area (Å²) in [5, 5.41) is 10.7. The molecule has 2 N–H and O–H groups in total. The summed E-state index contributed by atoms with van der Waals surface area (Å²) in [6.45, 7) is 1.63. The highest BCUT2D eigenvalue weighted by Crippen LogP contribution is 2.40. The van der Waals surface area contributed by atoms with Gasteiger partial charge in [0, 0.05) is 23.3 Å². The van der Waals surface area contributed by atoms with Gasteiger partial charge in [0.25, 0.3) is 17.5 Å². The fourth-order valence-electron chi connectivity index (χ4n) is 4.38. The number of carbonyl (C=O) groups is 2. The highest BCUT2D eigenvalue weighted by Gasteiger charge is 2.41. The molecule has 216 valence electrons. The number of ether oxygens (including phenoxy) is 2. The summed E-state index contributed by atoms with van der Waals surface area (Å²) in [6, 6.07) is 13.9. The third-order valence-electron chi connectivity index (χ3n) is 6.46. The van der Waals surface area contributed by atoms with Gasteiger partial charge in [0.15, 0.2) is 6.10 Å². The molecule has 3 aromatic rings. The highest BCUT2D eigenvalue weighted by molar-refractivity contribution is 6.35. The van der Waals surface area contributed by atoms with Gasteiger partial charge in [-0.05, 0) is 56.9 Å². The minimum atomic E-state index is -0.762. The van der Waals surface area contributed by atoms with E-state index >= 15 is 0 Å². The minimum absolute atomic E-state index is 0.0233. The van der Waals surface area contributed by atoms with Crippen LogP contribution in [-0.4, -0.2) is 22.8 Å². The summed E-state index contributed by atoms with van der Waals surface area (Å²) < 4.78 is 25.3. The lowest BCUT2D eigenvalue weighted by Crippen LogP contribution is -2.32. The molecule has 2 aliphatic rings. The average Bonchev–Trinajstić information content (AvgIpc) is 3.23. The quantitative estimate of drug-likeness (QED) is 0.102. The number of benzene rings is 3. The summed E-state index contributed by atoms with van der Waals surface area (Å²) in [6.07, 6.45) is 7.47. The highest BCUT2D eigenvalue weighted by atomic mass is 35.5. The minimum Gasteiger partial charge on any atom is -0.476 e. The Labute approximate surface area is 250 Å². The number of nitrogen functional groups attached to an aromatic ring is 1. The number of amides is 2. The van der Waals surface area contributed by atoms with Crippen molar-refractivity contribution in [2.24, 2.45) is 0 Å². The Hall–Kier alpha value is -4.59. The molecule has 2 amide bonds. The zero-order chi connectivity index (χ0) is 30.6. The Kier molecular flexibility index (Phi) is 9.35. The van der Waals surface area contributed by atoms with Crippen LogP contribution in [0.5, 0.6) is 17.2 Å². The lowest BCUT2D eigenvalue weighted by atomic mass is 9.93. The van der Waals surface area contributed by atoms with Gasteiger partial charge in [0.05, 0.1) is 15.6 Å². The summed E-state index contributed by atoms with van der Waals surface area (Å²) in [5.74, 6) is 1.67. The lowest BCUT2D eigenvalue weighted by Gasteiger charge is -2.19. The second kappa shape index (κ2) is 12.9. The van der Waals surface area contributed by atoms with Crippen molar-refractivity contribution in [2.75, 3.05) is 10.6 Å². The Morgan fingerprint density at radius 1 is 1.05 bits per heavy atom. The maximum Gasteiger partial charge on any atom is 0.293 e. The number of hydrogen-bond donors (Lipinski definition) is 1. The second-order valence-electron chi connectivity index (χ2n) is 9.25. The number of nitrogens with two attached hydrogens (primary N) is 1. The van der Waals surface area contributed by atoms with Gasteiger partial charge in [0.1, 0.15) is 33.8 Å². The molecular weight excluding hydrogens is 588 g/mol. The number of nitrogens with zero attached hydrogens (tertiary/aromatic N) is 2. The van der Waals surface area contributed by atoms with Crippen molar-refractivity contribution in [3.8, 4) is 29.6 Å². The number of rotatable bonds is 6. The smallest absolute Gasteiger partial charge is 0.293 e. The first-order valence-corrected chi connectivity index (χ1v) is 13.5. The van der Waals surface area contributed by atoms with Crippen molar-refractivity contribution in [3.05, 3.63) is 91.7 Å². The molecule has 0 saturated carbocycles. The van der Waals surface area contributed by atoms with Gasteiger partial charge in [-0.3, -0.25) is 19.7 Å². The number of nitro groups is 1. The zero-order valence-corrected chi connectivity index (χ0v) is 23.7. The van der Waals surface area contributed by atoms with Gasteiger partial charge in [-0.2, -0.15) is 0 Å². The normalized spacial score (nSPS) is 14.9. The monoisotopic (exact) mass is 611 g/mol. The fraction of sp³-hybridized carbons (Fsp3) is 0.200. The van der Waals surface area contributed by atoms with E-state index in [1.54, 1.807) is 31.2 Å². The van der Waals surface area contributed by atoms with Gasteiger partial charge < -0.3 is 15.2 Å². The number of carbonyl (C=O) groups excluding carboxylic acids is 2. The molecular formula is C30H24Cl2FN3O6. The number of anilines is 2. The molecule has 0 bridgehead atoms. The molecule has 5 rings (SSSR count). The van der Waals surface area contributed by atoms with Crippen molar-refractivity contribution in [1.29, 1.82) is 0 Å². The lowest BCUT2D eigenvalue weighted by molar-refractivity contribution is -0.383. The van der Waals surface area contributed by atoms with E-state index < -0.39 is 28.7 Å². The van der Waals surface area contributed by atoms with Gasteiger partial charge >= 0.3 is 0 Å². The molecule has 0 aromatic heterocycles. The van der Waals surface area contributed by atoms with Crippen molar-refractivity contribution < 1.29 is 28.4 Å². The molecule has 0 radical (unpaired) electrons. The topological polar surface area (TPSA) is 125 Å². The Bertz CT molecular complexity index is 1610. The van der Waals surface area contributed by atoms with Crippen molar-refractivity contribution in [2.45, 2.75) is 38.7 Å². The standard InChI is InChI=1S/C18H15ClFNO3.C12H9ClN2O3/c1-3-10(2)24-16-9-15(14(20)8-13(16)19)21-17(22)11-6-4-5-7-12(11)18(21)23;13-11-10(18-8-4-2-1-3-5-8)7-6-9(12(11)14)15(16)17/h1,8-10H,4-7H2,2H3;1-7H,14H2. The van der Waals surface area contributed by atoms with E-state index in [0.717, 1.165) is 23.8 Å². The molecule has 0 saturated heterocycles. The van der Waals surface area contributed by atoms with Crippen molar-refractivity contribution in [3.63, 3.8) is 0 Å². The number of para-hydroxylation sites is 1. The number of halogens is 3. The molecule has 1 aliphatic heterocycles. The molecule has 1 unspecified atom stereocenters. The van der Waals surface area contributed by atoms with Crippen molar-refractivity contribution in [1.82, 2.24) is 0 Å². The van der Waals surface area contributed by atoms with E-state index in [4.69, 9.17) is 44.8 Å². The fourth-order valence-corrected chi connectivity index (χ4v) is 4.77. The van der Waals surface area contributed by atoms with Gasteiger partial charge in [-0.1, -0.05) is 47.3 Å². The zero-order valence-electron chi connectivity index (χ0n) is 22.2. The first-order valence-electron chi connectivity index (χ1n) is 12.7. The van der Waals surface area contributed by atoms with Gasteiger partial charge in [-0.25, -0.2) is 9.29 Å². The van der Waals surface area contributed by atoms with Crippen LogP contribution in [0.1, 0.15) is 32.6 Å². The molecule has 12 heteroatoms. The van der Waals surface area contributed by atoms with Crippen LogP contribution >= 0.6 is 23.2 Å². The molecule has 0 spiro atoms. The van der Waals surface area contributed by atoms with Crippen molar-refractivity contribution >= 4 is 52.1 Å². The third-order valence-corrected chi connectivity index (χ3v) is 7.15. The van der Waals surface area contributed by atoms with E-state index in [1.807, 2.05) is 6.07 Å². The van der Waals surface area contributed by atoms with E-state index in [-0.39, 0.29) is 38.6 Å². The molecule has 1 heterocycles. The SMILES string of the molecule is C#CC(C)Oc1cc(N2C(=O)C3=C(CCCC3)C2=O)c(F)cc1Cl.Nc1c([N+](=O)[O-])ccc(Oc2ccccc2)c1Cl. The molecule has 42 heavy (non-hydrogen) atoms. The van der Waals surface area contributed by atoms with E-state index in [1.165, 1.54) is 18.2 Å². The molecule has 0 fully saturated rings. The maximum atomic E-state index is 14.4. The number of hydrogen-bond acceptors (Lipinski definition) is 7. The van der Waals surface area contributed by atoms with E-state index in [9.17, 15) is 24.1 Å². The van der Waals surface area contributed by atoms with Gasteiger partial charge in [-0.15, -0.1) is 6.42 Å². The largest absolute Gasteiger partial charge is 0.476 e. The average molecular weight is 612 g/mol. The van der Waals surface area contributed by atoms with E-state index in [2.05, 4.69) is 5.92 Å². The van der Waals surface area contributed by atoms with Gasteiger partial charge in [0.2, 0.25) is 0 Å².